The summed E-state index contributed by atoms with van der Waals surface area (Å²) >= 11 is 0. The molecule has 0 spiro atoms. The number of nitrogens with zero attached hydrogens (tertiary/aromatic N) is 1. The molecule has 0 saturated heterocycles. The van der Waals surface area contributed by atoms with E-state index in [-0.39, 0.29) is 11.7 Å². The number of likely N-dealkylation sites (N-methyl/N-ethyl adjacent to an activating group) is 1. The monoisotopic (exact) mass is 265 g/mol. The molecule has 1 atom stereocenters. The Morgan fingerprint density at radius 1 is 1.58 bits per heavy atom. The van der Waals surface area contributed by atoms with E-state index in [0.717, 1.165) is 18.5 Å². The standard InChI is InChI=1S/C14H20FN3O/c1-2-18(12-5-3-4-10(15)8-12)9-13(14(16)19)17-11-6-7-11/h3-5,8,11,13,17H,2,6-7,9H2,1H3,(H2,16,19). The Kier molecular flexibility index (Phi) is 4.37. The van der Waals surface area contributed by atoms with E-state index in [1.807, 2.05) is 17.9 Å². The molecule has 1 aliphatic carbocycles. The molecule has 3 N–H and O–H groups in total. The SMILES string of the molecule is CCN(CC(NC1CC1)C(N)=O)c1cccc(F)c1. The van der Waals surface area contributed by atoms with Crippen molar-refractivity contribution in [1.82, 2.24) is 5.32 Å². The summed E-state index contributed by atoms with van der Waals surface area (Å²) in [5.74, 6) is -0.636. The number of nitrogens with one attached hydrogen (secondary N) is 1. The van der Waals surface area contributed by atoms with Crippen molar-refractivity contribution in [3.63, 3.8) is 0 Å². The van der Waals surface area contributed by atoms with E-state index in [0.29, 0.717) is 19.1 Å². The number of amides is 1. The number of anilines is 1. The molecule has 1 unspecified atom stereocenters. The molecule has 19 heavy (non-hydrogen) atoms. The Morgan fingerprint density at radius 3 is 2.84 bits per heavy atom. The van der Waals surface area contributed by atoms with Gasteiger partial charge in [-0.25, -0.2) is 4.39 Å². The van der Waals surface area contributed by atoms with Crippen LogP contribution in [-0.2, 0) is 4.79 Å². The van der Waals surface area contributed by atoms with Gasteiger partial charge in [0.25, 0.3) is 0 Å². The van der Waals surface area contributed by atoms with Crippen LogP contribution in [0.4, 0.5) is 10.1 Å². The van der Waals surface area contributed by atoms with E-state index >= 15 is 0 Å². The van der Waals surface area contributed by atoms with Gasteiger partial charge in [-0.15, -0.1) is 0 Å². The maximum absolute atomic E-state index is 13.2. The number of hydrogen-bond acceptors (Lipinski definition) is 3. The lowest BCUT2D eigenvalue weighted by Gasteiger charge is -2.27. The maximum atomic E-state index is 13.2. The number of carbonyl (C=O) groups excluding carboxylic acids is 1. The average molecular weight is 265 g/mol. The highest BCUT2D eigenvalue weighted by atomic mass is 19.1. The lowest BCUT2D eigenvalue weighted by Crippen LogP contribution is -2.50. The highest BCUT2D eigenvalue weighted by Gasteiger charge is 2.28. The second kappa shape index (κ2) is 6.02. The van der Waals surface area contributed by atoms with Gasteiger partial charge in [-0.3, -0.25) is 4.79 Å². The topological polar surface area (TPSA) is 58.4 Å². The van der Waals surface area contributed by atoms with E-state index in [9.17, 15) is 9.18 Å². The normalized spacial score (nSPS) is 16.1. The van der Waals surface area contributed by atoms with Crippen LogP contribution in [0.15, 0.2) is 24.3 Å². The number of primary amides is 1. The Bertz CT molecular complexity index is 448. The van der Waals surface area contributed by atoms with Crippen LogP contribution in [0.1, 0.15) is 19.8 Å². The fraction of sp³-hybridized carbons (Fsp3) is 0.500. The largest absolute Gasteiger partial charge is 0.370 e. The molecular formula is C14H20FN3O. The predicted molar refractivity (Wildman–Crippen MR) is 73.4 cm³/mol. The lowest BCUT2D eigenvalue weighted by molar-refractivity contribution is -0.119. The average Bonchev–Trinajstić information content (AvgIpc) is 3.18. The van der Waals surface area contributed by atoms with Gasteiger partial charge in [-0.05, 0) is 38.0 Å². The predicted octanol–water partition coefficient (Wildman–Crippen LogP) is 1.26. The number of halogens is 1. The molecule has 2 rings (SSSR count). The van der Waals surface area contributed by atoms with E-state index in [1.165, 1.54) is 12.1 Å². The fourth-order valence-electron chi connectivity index (χ4n) is 2.07. The minimum absolute atomic E-state index is 0.276. The van der Waals surface area contributed by atoms with Crippen LogP contribution in [0.25, 0.3) is 0 Å². The van der Waals surface area contributed by atoms with Crippen LogP contribution in [0, 0.1) is 5.82 Å². The molecule has 0 heterocycles. The molecule has 1 aliphatic rings. The second-order valence-electron chi connectivity index (χ2n) is 4.91. The molecule has 104 valence electrons. The third-order valence-electron chi connectivity index (χ3n) is 3.32. The third-order valence-corrected chi connectivity index (χ3v) is 3.32. The quantitative estimate of drug-likeness (QED) is 0.780. The van der Waals surface area contributed by atoms with E-state index in [4.69, 9.17) is 5.73 Å². The molecule has 5 heteroatoms. The fourth-order valence-corrected chi connectivity index (χ4v) is 2.07. The van der Waals surface area contributed by atoms with Gasteiger partial charge in [0, 0.05) is 24.8 Å². The Morgan fingerprint density at radius 2 is 2.32 bits per heavy atom. The smallest absolute Gasteiger partial charge is 0.236 e. The van der Waals surface area contributed by atoms with Crippen LogP contribution in [0.5, 0.6) is 0 Å². The van der Waals surface area contributed by atoms with Crippen molar-refractivity contribution in [3.8, 4) is 0 Å². The van der Waals surface area contributed by atoms with Crippen LogP contribution in [0.3, 0.4) is 0 Å². The zero-order valence-electron chi connectivity index (χ0n) is 11.1. The molecule has 0 aliphatic heterocycles. The first-order chi connectivity index (χ1) is 9.10. The highest BCUT2D eigenvalue weighted by molar-refractivity contribution is 5.80. The Balaban J connectivity index is 2.05. The van der Waals surface area contributed by atoms with Crippen LogP contribution in [0.2, 0.25) is 0 Å². The van der Waals surface area contributed by atoms with Gasteiger partial charge in [0.2, 0.25) is 5.91 Å². The number of benzene rings is 1. The van der Waals surface area contributed by atoms with Crippen LogP contribution in [-0.4, -0.2) is 31.1 Å². The van der Waals surface area contributed by atoms with Gasteiger partial charge in [0.05, 0.1) is 0 Å². The van der Waals surface area contributed by atoms with Crippen molar-refractivity contribution >= 4 is 11.6 Å². The molecule has 1 aromatic carbocycles. The molecule has 1 fully saturated rings. The first-order valence-electron chi connectivity index (χ1n) is 6.66. The van der Waals surface area contributed by atoms with Crippen molar-refractivity contribution in [2.45, 2.75) is 31.8 Å². The van der Waals surface area contributed by atoms with Crippen molar-refractivity contribution in [3.05, 3.63) is 30.1 Å². The summed E-state index contributed by atoms with van der Waals surface area (Å²) < 4.78 is 13.2. The summed E-state index contributed by atoms with van der Waals surface area (Å²) in [5.41, 5.74) is 6.19. The third kappa shape index (κ3) is 3.92. The lowest BCUT2D eigenvalue weighted by atomic mass is 10.2. The number of nitrogens with two attached hydrogens (primary N) is 1. The van der Waals surface area contributed by atoms with Gasteiger partial charge in [-0.1, -0.05) is 6.07 Å². The number of rotatable bonds is 7. The number of carbonyl (C=O) groups is 1. The zero-order valence-corrected chi connectivity index (χ0v) is 11.1. The first kappa shape index (κ1) is 13.8. The van der Waals surface area contributed by atoms with Crippen molar-refractivity contribution in [1.29, 1.82) is 0 Å². The van der Waals surface area contributed by atoms with Gasteiger partial charge in [0.15, 0.2) is 0 Å². The summed E-state index contributed by atoms with van der Waals surface area (Å²) in [6.07, 6.45) is 2.19. The van der Waals surface area contributed by atoms with Crippen LogP contribution < -0.4 is 16.0 Å². The number of hydrogen-bond donors (Lipinski definition) is 2. The molecule has 1 aromatic rings. The van der Waals surface area contributed by atoms with E-state index in [2.05, 4.69) is 5.32 Å². The summed E-state index contributed by atoms with van der Waals surface area (Å²) in [7, 11) is 0. The Labute approximate surface area is 112 Å². The van der Waals surface area contributed by atoms with E-state index < -0.39 is 6.04 Å². The molecule has 0 radical (unpaired) electrons. The van der Waals surface area contributed by atoms with Crippen molar-refractivity contribution in [2.75, 3.05) is 18.0 Å². The highest BCUT2D eigenvalue weighted by Crippen LogP contribution is 2.20. The summed E-state index contributed by atoms with van der Waals surface area (Å²) in [4.78, 5) is 13.4. The minimum atomic E-state index is -0.393. The van der Waals surface area contributed by atoms with Gasteiger partial charge >= 0.3 is 0 Å². The molecular weight excluding hydrogens is 245 g/mol. The van der Waals surface area contributed by atoms with Crippen molar-refractivity contribution in [2.24, 2.45) is 5.73 Å². The Hall–Kier alpha value is -1.62. The molecule has 0 aromatic heterocycles. The van der Waals surface area contributed by atoms with E-state index in [1.54, 1.807) is 6.07 Å². The van der Waals surface area contributed by atoms with Crippen molar-refractivity contribution < 1.29 is 9.18 Å². The van der Waals surface area contributed by atoms with Gasteiger partial charge in [-0.2, -0.15) is 0 Å². The summed E-state index contributed by atoms with van der Waals surface area (Å²) in [5, 5.41) is 3.23. The molecule has 0 bridgehead atoms. The summed E-state index contributed by atoms with van der Waals surface area (Å²) in [6, 6.07) is 6.40. The van der Waals surface area contributed by atoms with Gasteiger partial charge in [0.1, 0.15) is 11.9 Å². The molecule has 1 amide bonds. The molecule has 1 saturated carbocycles. The zero-order chi connectivity index (χ0) is 13.8. The summed E-state index contributed by atoms with van der Waals surface area (Å²) in [6.45, 7) is 3.13. The van der Waals surface area contributed by atoms with Crippen LogP contribution >= 0.6 is 0 Å². The first-order valence-corrected chi connectivity index (χ1v) is 6.66. The minimum Gasteiger partial charge on any atom is -0.370 e. The van der Waals surface area contributed by atoms with Gasteiger partial charge < -0.3 is 16.0 Å². The maximum Gasteiger partial charge on any atom is 0.236 e. The second-order valence-corrected chi connectivity index (χ2v) is 4.91. The molecule has 4 nitrogen and oxygen atoms in total.